The van der Waals surface area contributed by atoms with Crippen LogP contribution in [0.15, 0.2) is 63.5 Å². The third kappa shape index (κ3) is 4.12. The number of carbonyl (C=O) groups is 1. The van der Waals surface area contributed by atoms with Crippen molar-refractivity contribution in [2.24, 2.45) is 4.99 Å². The van der Waals surface area contributed by atoms with Gasteiger partial charge in [-0.3, -0.25) is 9.36 Å². The Morgan fingerprint density at radius 1 is 1.20 bits per heavy atom. The van der Waals surface area contributed by atoms with E-state index in [1.165, 1.54) is 11.3 Å². The monoisotopic (exact) mass is 491 g/mol. The Labute approximate surface area is 206 Å². The van der Waals surface area contributed by atoms with Crippen LogP contribution in [0.4, 0.5) is 5.69 Å². The summed E-state index contributed by atoms with van der Waals surface area (Å²) in [5, 5.41) is 0. The smallest absolute Gasteiger partial charge is 0.338 e. The molecule has 8 nitrogen and oxygen atoms in total. The van der Waals surface area contributed by atoms with Gasteiger partial charge in [0, 0.05) is 19.8 Å². The van der Waals surface area contributed by atoms with Gasteiger partial charge in [-0.2, -0.15) is 0 Å². The Balaban J connectivity index is 1.67. The minimum absolute atomic E-state index is 0.184. The molecule has 1 atom stereocenters. The van der Waals surface area contributed by atoms with E-state index in [-0.39, 0.29) is 19.0 Å². The zero-order valence-corrected chi connectivity index (χ0v) is 20.7. The van der Waals surface area contributed by atoms with Crippen LogP contribution in [0.2, 0.25) is 0 Å². The summed E-state index contributed by atoms with van der Waals surface area (Å²) < 4.78 is 18.3. The highest BCUT2D eigenvalue weighted by molar-refractivity contribution is 7.07. The van der Waals surface area contributed by atoms with E-state index in [2.05, 4.69) is 4.99 Å². The fourth-order valence-corrected chi connectivity index (χ4v) is 5.26. The molecular weight excluding hydrogens is 466 g/mol. The molecule has 180 valence electrons. The number of hydrogen-bond donors (Lipinski definition) is 0. The van der Waals surface area contributed by atoms with Gasteiger partial charge in [-0.15, -0.1) is 0 Å². The molecule has 2 aliphatic rings. The number of thiazole rings is 1. The number of esters is 1. The highest BCUT2D eigenvalue weighted by atomic mass is 32.1. The van der Waals surface area contributed by atoms with Crippen LogP contribution in [0.3, 0.4) is 0 Å². The summed E-state index contributed by atoms with van der Waals surface area (Å²) in [5.41, 5.74) is 3.33. The Morgan fingerprint density at radius 3 is 2.66 bits per heavy atom. The third-order valence-electron chi connectivity index (χ3n) is 5.94. The number of hydrogen-bond acceptors (Lipinski definition) is 8. The zero-order valence-electron chi connectivity index (χ0n) is 19.9. The van der Waals surface area contributed by atoms with Crippen LogP contribution in [-0.2, 0) is 9.53 Å². The van der Waals surface area contributed by atoms with Gasteiger partial charge in [0.2, 0.25) is 6.79 Å². The lowest BCUT2D eigenvalue weighted by Gasteiger charge is -2.25. The maximum absolute atomic E-state index is 13.7. The van der Waals surface area contributed by atoms with Crippen LogP contribution < -0.4 is 29.3 Å². The van der Waals surface area contributed by atoms with Crippen LogP contribution in [0, 0.1) is 0 Å². The molecule has 35 heavy (non-hydrogen) atoms. The van der Waals surface area contributed by atoms with E-state index in [0.29, 0.717) is 32.1 Å². The summed E-state index contributed by atoms with van der Waals surface area (Å²) in [6, 6.07) is 12.7. The first-order chi connectivity index (χ1) is 16.9. The van der Waals surface area contributed by atoms with E-state index in [1.807, 2.05) is 61.5 Å². The lowest BCUT2D eigenvalue weighted by atomic mass is 9.95. The molecule has 2 aromatic carbocycles. The van der Waals surface area contributed by atoms with Crippen LogP contribution in [0.1, 0.15) is 31.0 Å². The SMILES string of the molecule is CCOC(=O)C1=C(C)N=c2s/c(=C\c3ccc4c(c3)OCO4)c(=O)n2[C@@H]1c1ccc(N(C)C)cc1. The molecule has 1 aromatic heterocycles. The van der Waals surface area contributed by atoms with Crippen molar-refractivity contribution in [2.45, 2.75) is 19.9 Å². The van der Waals surface area contributed by atoms with Crippen LogP contribution in [-0.4, -0.2) is 38.0 Å². The van der Waals surface area contributed by atoms with E-state index in [4.69, 9.17) is 14.2 Å². The second-order valence-corrected chi connectivity index (χ2v) is 9.41. The predicted octanol–water partition coefficient (Wildman–Crippen LogP) is 2.59. The number of aromatic nitrogens is 1. The zero-order chi connectivity index (χ0) is 24.7. The first kappa shape index (κ1) is 22.9. The first-order valence-corrected chi connectivity index (χ1v) is 12.1. The van der Waals surface area contributed by atoms with Crippen molar-refractivity contribution < 1.29 is 19.0 Å². The van der Waals surface area contributed by atoms with Crippen LogP contribution in [0.5, 0.6) is 11.5 Å². The second-order valence-electron chi connectivity index (χ2n) is 8.40. The van der Waals surface area contributed by atoms with Crippen LogP contribution >= 0.6 is 11.3 Å². The van der Waals surface area contributed by atoms with E-state index >= 15 is 0 Å². The Kier molecular flexibility index (Phi) is 5.94. The minimum atomic E-state index is -0.639. The minimum Gasteiger partial charge on any atom is -0.463 e. The van der Waals surface area contributed by atoms with E-state index < -0.39 is 12.0 Å². The lowest BCUT2D eigenvalue weighted by molar-refractivity contribution is -0.139. The quantitative estimate of drug-likeness (QED) is 0.511. The topological polar surface area (TPSA) is 82.4 Å². The summed E-state index contributed by atoms with van der Waals surface area (Å²) in [5.74, 6) is 0.853. The molecule has 2 aliphatic heterocycles. The van der Waals surface area contributed by atoms with Gasteiger partial charge in [-0.25, -0.2) is 9.79 Å². The normalized spacial score (nSPS) is 16.7. The molecular formula is C26H25N3O5S. The van der Waals surface area contributed by atoms with Crippen molar-refractivity contribution in [2.75, 3.05) is 32.4 Å². The summed E-state index contributed by atoms with van der Waals surface area (Å²) in [7, 11) is 3.92. The summed E-state index contributed by atoms with van der Waals surface area (Å²) in [6.07, 6.45) is 1.81. The number of ether oxygens (including phenoxy) is 3. The summed E-state index contributed by atoms with van der Waals surface area (Å²) in [4.78, 5) is 33.8. The Bertz CT molecular complexity index is 1520. The lowest BCUT2D eigenvalue weighted by Crippen LogP contribution is -2.39. The van der Waals surface area contributed by atoms with Gasteiger partial charge in [-0.1, -0.05) is 29.5 Å². The molecule has 0 fully saturated rings. The van der Waals surface area contributed by atoms with Crippen molar-refractivity contribution >= 4 is 29.1 Å². The second kappa shape index (κ2) is 9.07. The molecule has 0 radical (unpaired) electrons. The molecule has 3 heterocycles. The highest BCUT2D eigenvalue weighted by Crippen LogP contribution is 2.33. The van der Waals surface area contributed by atoms with Crippen molar-refractivity contribution in [1.82, 2.24) is 4.57 Å². The van der Waals surface area contributed by atoms with Crippen molar-refractivity contribution in [3.8, 4) is 11.5 Å². The van der Waals surface area contributed by atoms with Crippen molar-refractivity contribution in [3.63, 3.8) is 0 Å². The number of fused-ring (bicyclic) bond motifs is 2. The van der Waals surface area contributed by atoms with Gasteiger partial charge in [0.15, 0.2) is 16.3 Å². The van der Waals surface area contributed by atoms with Gasteiger partial charge >= 0.3 is 5.97 Å². The first-order valence-electron chi connectivity index (χ1n) is 11.2. The van der Waals surface area contributed by atoms with Crippen molar-refractivity contribution in [3.05, 3.63) is 84.5 Å². The molecule has 0 aliphatic carbocycles. The van der Waals surface area contributed by atoms with Crippen molar-refractivity contribution in [1.29, 1.82) is 0 Å². The largest absolute Gasteiger partial charge is 0.463 e. The molecule has 0 saturated heterocycles. The Hall–Kier alpha value is -3.85. The molecule has 0 N–H and O–H groups in total. The number of rotatable bonds is 5. The Morgan fingerprint density at radius 2 is 1.94 bits per heavy atom. The molecule has 0 unspecified atom stereocenters. The average Bonchev–Trinajstić information content (AvgIpc) is 3.42. The van der Waals surface area contributed by atoms with Gasteiger partial charge < -0.3 is 19.1 Å². The number of allylic oxidation sites excluding steroid dienone is 1. The molecule has 0 bridgehead atoms. The van der Waals surface area contributed by atoms with Crippen LogP contribution in [0.25, 0.3) is 6.08 Å². The summed E-state index contributed by atoms with van der Waals surface area (Å²) >= 11 is 1.29. The van der Waals surface area contributed by atoms with Gasteiger partial charge in [-0.05, 0) is 55.3 Å². The molecule has 3 aromatic rings. The highest BCUT2D eigenvalue weighted by Gasteiger charge is 2.33. The van der Waals surface area contributed by atoms with E-state index in [9.17, 15) is 9.59 Å². The predicted molar refractivity (Wildman–Crippen MR) is 134 cm³/mol. The molecule has 5 rings (SSSR count). The third-order valence-corrected chi connectivity index (χ3v) is 6.92. The molecule has 9 heteroatoms. The van der Waals surface area contributed by atoms with Gasteiger partial charge in [0.25, 0.3) is 5.56 Å². The number of anilines is 1. The average molecular weight is 492 g/mol. The maximum Gasteiger partial charge on any atom is 0.338 e. The number of carbonyl (C=O) groups excluding carboxylic acids is 1. The summed E-state index contributed by atoms with van der Waals surface area (Å²) in [6.45, 7) is 3.96. The fraction of sp³-hybridized carbons (Fsp3) is 0.269. The molecule has 0 saturated carbocycles. The van der Waals surface area contributed by atoms with Gasteiger partial charge in [0.05, 0.1) is 28.5 Å². The molecule has 0 spiro atoms. The van der Waals surface area contributed by atoms with E-state index in [1.54, 1.807) is 24.5 Å². The molecule has 0 amide bonds. The van der Waals surface area contributed by atoms with Gasteiger partial charge in [0.1, 0.15) is 0 Å². The standard InChI is InChI=1S/C26H25N3O5S/c1-5-32-25(31)22-15(2)27-26-29(23(22)17-7-9-18(10-8-17)28(3)4)24(30)21(35-26)13-16-6-11-19-20(12-16)34-14-33-19/h6-13,23H,5,14H2,1-4H3/b21-13-/t23-/m1/s1. The fourth-order valence-electron chi connectivity index (χ4n) is 4.22. The number of nitrogens with zero attached hydrogens (tertiary/aromatic N) is 3. The maximum atomic E-state index is 13.7. The van der Waals surface area contributed by atoms with E-state index in [0.717, 1.165) is 16.8 Å². The number of benzene rings is 2.